The Bertz CT molecular complexity index is 684. The molecule has 2 N–H and O–H groups in total. The smallest absolute Gasteiger partial charge is 0.259 e. The number of halogens is 3. The zero-order valence-electron chi connectivity index (χ0n) is 10.8. The summed E-state index contributed by atoms with van der Waals surface area (Å²) in [6.45, 7) is 0. The van der Waals surface area contributed by atoms with E-state index in [9.17, 15) is 9.90 Å². The van der Waals surface area contributed by atoms with Crippen molar-refractivity contribution in [3.05, 3.63) is 50.4 Å². The highest BCUT2D eigenvalue weighted by molar-refractivity contribution is 9.10. The van der Waals surface area contributed by atoms with Crippen molar-refractivity contribution in [3.63, 3.8) is 0 Å². The lowest BCUT2D eigenvalue weighted by molar-refractivity contribution is 0.102. The summed E-state index contributed by atoms with van der Waals surface area (Å²) in [5.41, 5.74) is 0.332. The number of amides is 1. The Hall–Kier alpha value is -1.43. The predicted octanol–water partition coefficient (Wildman–Crippen LogP) is 4.72. The topological polar surface area (TPSA) is 58.6 Å². The third-order valence-corrected chi connectivity index (χ3v) is 3.76. The molecule has 0 aliphatic rings. The maximum Gasteiger partial charge on any atom is 0.259 e. The summed E-state index contributed by atoms with van der Waals surface area (Å²) in [4.78, 5) is 12.2. The highest BCUT2D eigenvalue weighted by Crippen LogP contribution is 2.35. The van der Waals surface area contributed by atoms with Crippen molar-refractivity contribution in [2.75, 3.05) is 12.4 Å². The number of ether oxygens (including phenoxy) is 1. The minimum absolute atomic E-state index is 0.0596. The number of phenolic OH excluding ortho intramolecular Hbond substituents is 1. The van der Waals surface area contributed by atoms with E-state index in [1.165, 1.54) is 13.2 Å². The van der Waals surface area contributed by atoms with E-state index in [2.05, 4.69) is 21.2 Å². The molecule has 0 saturated carbocycles. The van der Waals surface area contributed by atoms with Crippen molar-refractivity contribution >= 4 is 50.7 Å². The molecule has 0 unspecified atom stereocenters. The third-order valence-electron chi connectivity index (χ3n) is 2.71. The number of phenols is 1. The number of benzene rings is 2. The van der Waals surface area contributed by atoms with E-state index in [-0.39, 0.29) is 32.8 Å². The Morgan fingerprint density at radius 3 is 2.48 bits per heavy atom. The van der Waals surface area contributed by atoms with Gasteiger partial charge in [0.05, 0.1) is 28.4 Å². The minimum Gasteiger partial charge on any atom is -0.504 e. The van der Waals surface area contributed by atoms with Crippen LogP contribution in [0.4, 0.5) is 5.69 Å². The number of aromatic hydroxyl groups is 1. The first-order chi connectivity index (χ1) is 9.93. The molecule has 110 valence electrons. The number of methoxy groups -OCH3 is 1. The van der Waals surface area contributed by atoms with E-state index >= 15 is 0 Å². The van der Waals surface area contributed by atoms with E-state index in [1.807, 2.05) is 0 Å². The van der Waals surface area contributed by atoms with Gasteiger partial charge in [-0.05, 0) is 24.3 Å². The van der Waals surface area contributed by atoms with Gasteiger partial charge in [-0.1, -0.05) is 45.2 Å². The molecule has 2 aromatic carbocycles. The molecule has 0 aliphatic carbocycles. The zero-order valence-corrected chi connectivity index (χ0v) is 13.9. The van der Waals surface area contributed by atoms with Crippen LogP contribution < -0.4 is 10.1 Å². The van der Waals surface area contributed by atoms with Crippen LogP contribution in [0.3, 0.4) is 0 Å². The van der Waals surface area contributed by atoms with Gasteiger partial charge in [-0.3, -0.25) is 4.79 Å². The van der Waals surface area contributed by atoms with Gasteiger partial charge in [0.2, 0.25) is 0 Å². The van der Waals surface area contributed by atoms with Crippen LogP contribution in [0.15, 0.2) is 34.8 Å². The minimum atomic E-state index is -0.544. The Morgan fingerprint density at radius 2 is 1.90 bits per heavy atom. The molecule has 7 heteroatoms. The lowest BCUT2D eigenvalue weighted by Gasteiger charge is -2.12. The molecule has 0 aromatic heterocycles. The Labute approximate surface area is 139 Å². The molecule has 0 aliphatic heterocycles. The first-order valence-corrected chi connectivity index (χ1v) is 7.30. The molecular formula is C14H10BrCl2NO3. The van der Waals surface area contributed by atoms with Crippen LogP contribution in [0.2, 0.25) is 10.0 Å². The van der Waals surface area contributed by atoms with E-state index in [0.717, 1.165) is 0 Å². The van der Waals surface area contributed by atoms with Gasteiger partial charge >= 0.3 is 0 Å². The van der Waals surface area contributed by atoms with Gasteiger partial charge < -0.3 is 15.2 Å². The molecule has 0 bridgehead atoms. The summed E-state index contributed by atoms with van der Waals surface area (Å²) in [6, 6.07) is 7.82. The number of para-hydroxylation sites is 1. The summed E-state index contributed by atoms with van der Waals surface area (Å²) in [5, 5.41) is 13.1. The monoisotopic (exact) mass is 389 g/mol. The molecule has 4 nitrogen and oxygen atoms in total. The van der Waals surface area contributed by atoms with Crippen LogP contribution in [0, 0.1) is 0 Å². The van der Waals surface area contributed by atoms with Gasteiger partial charge in [-0.25, -0.2) is 0 Å². The second-order valence-electron chi connectivity index (χ2n) is 4.05. The quantitative estimate of drug-likeness (QED) is 0.796. The van der Waals surface area contributed by atoms with Crippen LogP contribution in [-0.2, 0) is 0 Å². The number of hydrogen-bond acceptors (Lipinski definition) is 3. The standard InChI is InChI=1S/C14H10BrCl2NO3/c1-21-11-4-2-3-8(13(11)19)14(20)18-12-9(16)5-7(15)6-10(12)17/h2-6,19H,1H3,(H,18,20). The van der Waals surface area contributed by atoms with Gasteiger partial charge in [-0.2, -0.15) is 0 Å². The summed E-state index contributed by atoms with van der Waals surface area (Å²) < 4.78 is 5.66. The molecule has 0 fully saturated rings. The Kier molecular flexibility index (Phi) is 4.98. The molecule has 21 heavy (non-hydrogen) atoms. The van der Waals surface area contributed by atoms with Crippen LogP contribution in [0.5, 0.6) is 11.5 Å². The zero-order chi connectivity index (χ0) is 15.6. The fourth-order valence-corrected chi connectivity index (χ4v) is 3.02. The van der Waals surface area contributed by atoms with E-state index in [1.54, 1.807) is 24.3 Å². The molecule has 0 heterocycles. The number of hydrogen-bond donors (Lipinski definition) is 2. The molecule has 2 aromatic rings. The van der Waals surface area contributed by atoms with Crippen molar-refractivity contribution in [2.24, 2.45) is 0 Å². The van der Waals surface area contributed by atoms with Crippen LogP contribution in [0.1, 0.15) is 10.4 Å². The SMILES string of the molecule is COc1cccc(C(=O)Nc2c(Cl)cc(Br)cc2Cl)c1O. The molecule has 1 amide bonds. The maximum absolute atomic E-state index is 12.2. The number of nitrogens with one attached hydrogen (secondary N) is 1. The maximum atomic E-state index is 12.2. The van der Waals surface area contributed by atoms with Gasteiger partial charge in [0.15, 0.2) is 11.5 Å². The number of anilines is 1. The van der Waals surface area contributed by atoms with Crippen molar-refractivity contribution < 1.29 is 14.6 Å². The van der Waals surface area contributed by atoms with Gasteiger partial charge in [0, 0.05) is 4.47 Å². The van der Waals surface area contributed by atoms with Crippen LogP contribution >= 0.6 is 39.1 Å². The number of carbonyl (C=O) groups is 1. The van der Waals surface area contributed by atoms with Crippen LogP contribution in [0.25, 0.3) is 0 Å². The Balaban J connectivity index is 2.35. The largest absolute Gasteiger partial charge is 0.504 e. The predicted molar refractivity (Wildman–Crippen MR) is 86.8 cm³/mol. The van der Waals surface area contributed by atoms with Crippen molar-refractivity contribution in [2.45, 2.75) is 0 Å². The van der Waals surface area contributed by atoms with E-state index < -0.39 is 5.91 Å². The molecule has 0 radical (unpaired) electrons. The Morgan fingerprint density at radius 1 is 1.29 bits per heavy atom. The molecule has 0 saturated heterocycles. The average Bonchev–Trinajstić information content (AvgIpc) is 2.42. The fraction of sp³-hybridized carbons (Fsp3) is 0.0714. The third kappa shape index (κ3) is 3.43. The van der Waals surface area contributed by atoms with Crippen molar-refractivity contribution in [3.8, 4) is 11.5 Å². The fourth-order valence-electron chi connectivity index (χ4n) is 1.71. The normalized spacial score (nSPS) is 10.3. The van der Waals surface area contributed by atoms with E-state index in [0.29, 0.717) is 4.47 Å². The molecular weight excluding hydrogens is 381 g/mol. The number of rotatable bonds is 3. The van der Waals surface area contributed by atoms with Gasteiger partial charge in [0.1, 0.15) is 0 Å². The van der Waals surface area contributed by atoms with Crippen molar-refractivity contribution in [1.82, 2.24) is 0 Å². The lowest BCUT2D eigenvalue weighted by atomic mass is 10.1. The highest BCUT2D eigenvalue weighted by Gasteiger charge is 2.17. The summed E-state index contributed by atoms with van der Waals surface area (Å²) >= 11 is 15.3. The molecule has 0 atom stereocenters. The summed E-state index contributed by atoms with van der Waals surface area (Å²) in [7, 11) is 1.40. The average molecular weight is 391 g/mol. The first kappa shape index (κ1) is 15.9. The first-order valence-electron chi connectivity index (χ1n) is 5.76. The highest BCUT2D eigenvalue weighted by atomic mass is 79.9. The molecule has 0 spiro atoms. The van der Waals surface area contributed by atoms with Crippen molar-refractivity contribution in [1.29, 1.82) is 0 Å². The van der Waals surface area contributed by atoms with Crippen LogP contribution in [-0.4, -0.2) is 18.1 Å². The van der Waals surface area contributed by atoms with Gasteiger partial charge in [-0.15, -0.1) is 0 Å². The summed E-state index contributed by atoms with van der Waals surface area (Å²) in [6.07, 6.45) is 0. The molecule has 2 rings (SSSR count). The number of carbonyl (C=O) groups excluding carboxylic acids is 1. The van der Waals surface area contributed by atoms with Gasteiger partial charge in [0.25, 0.3) is 5.91 Å². The summed E-state index contributed by atoms with van der Waals surface area (Å²) in [5.74, 6) is -0.588. The van der Waals surface area contributed by atoms with E-state index in [4.69, 9.17) is 27.9 Å². The second kappa shape index (κ2) is 6.56. The second-order valence-corrected chi connectivity index (χ2v) is 5.79. The lowest BCUT2D eigenvalue weighted by Crippen LogP contribution is -2.13.